The van der Waals surface area contributed by atoms with E-state index in [1.54, 1.807) is 17.7 Å². The molecule has 1 N–H and O–H groups in total. The Morgan fingerprint density at radius 3 is 2.50 bits per heavy atom. The first-order valence-electron chi connectivity index (χ1n) is 7.45. The predicted octanol–water partition coefficient (Wildman–Crippen LogP) is 3.74. The van der Waals surface area contributed by atoms with Gasteiger partial charge in [0.25, 0.3) is 5.56 Å². The molecule has 2 heterocycles. The van der Waals surface area contributed by atoms with E-state index < -0.39 is 0 Å². The van der Waals surface area contributed by atoms with Crippen LogP contribution in [0.1, 0.15) is 5.69 Å². The van der Waals surface area contributed by atoms with Crippen LogP contribution >= 0.6 is 11.6 Å². The summed E-state index contributed by atoms with van der Waals surface area (Å²) in [5, 5.41) is 5.49. The number of para-hydroxylation sites is 1. The van der Waals surface area contributed by atoms with E-state index in [4.69, 9.17) is 11.6 Å². The van der Waals surface area contributed by atoms with E-state index in [0.717, 1.165) is 5.69 Å². The molecule has 0 aliphatic carbocycles. The molecular weight excluding hydrogens is 324 g/mol. The maximum Gasteiger partial charge on any atom is 0.262 e. The van der Waals surface area contributed by atoms with E-state index in [0.29, 0.717) is 33.1 Å². The molecule has 5 nitrogen and oxygen atoms in total. The number of aromatic amines is 1. The van der Waals surface area contributed by atoms with Gasteiger partial charge in [-0.3, -0.25) is 4.79 Å². The summed E-state index contributed by atoms with van der Waals surface area (Å²) in [4.78, 5) is 20.0. The Morgan fingerprint density at radius 2 is 1.75 bits per heavy atom. The van der Waals surface area contributed by atoms with Crippen molar-refractivity contribution in [2.24, 2.45) is 0 Å². The molecule has 4 rings (SSSR count). The summed E-state index contributed by atoms with van der Waals surface area (Å²) in [5.41, 5.74) is 2.44. The van der Waals surface area contributed by atoms with Crippen LogP contribution in [0.5, 0.6) is 0 Å². The van der Waals surface area contributed by atoms with Crippen LogP contribution in [0.3, 0.4) is 0 Å². The SMILES string of the molecule is Cc1nn(-c2ccccc2)c2nc(-c3ccccc3Cl)[nH]c(=O)c12. The minimum atomic E-state index is -0.227. The number of hydrogen-bond donors (Lipinski definition) is 1. The van der Waals surface area contributed by atoms with Gasteiger partial charge in [-0.15, -0.1) is 0 Å². The van der Waals surface area contributed by atoms with Gasteiger partial charge >= 0.3 is 0 Å². The molecule has 0 spiro atoms. The summed E-state index contributed by atoms with van der Waals surface area (Å²) >= 11 is 6.24. The van der Waals surface area contributed by atoms with Crippen molar-refractivity contribution in [3.63, 3.8) is 0 Å². The van der Waals surface area contributed by atoms with Gasteiger partial charge in [-0.1, -0.05) is 41.9 Å². The molecule has 0 aliphatic rings. The Labute approximate surface area is 142 Å². The lowest BCUT2D eigenvalue weighted by Gasteiger charge is -2.05. The summed E-state index contributed by atoms with van der Waals surface area (Å²) < 4.78 is 1.68. The minimum Gasteiger partial charge on any atom is -0.306 e. The number of nitrogens with zero attached hydrogens (tertiary/aromatic N) is 3. The normalized spacial score (nSPS) is 11.1. The number of benzene rings is 2. The first-order valence-corrected chi connectivity index (χ1v) is 7.83. The number of hydrogen-bond acceptors (Lipinski definition) is 3. The zero-order chi connectivity index (χ0) is 16.7. The maximum atomic E-state index is 12.6. The van der Waals surface area contributed by atoms with Crippen LogP contribution < -0.4 is 5.56 Å². The number of aromatic nitrogens is 4. The smallest absolute Gasteiger partial charge is 0.262 e. The molecule has 0 unspecified atom stereocenters. The third-order valence-electron chi connectivity index (χ3n) is 3.84. The Bertz CT molecular complexity index is 1100. The fourth-order valence-electron chi connectivity index (χ4n) is 2.72. The number of H-pyrrole nitrogens is 1. The molecule has 0 radical (unpaired) electrons. The molecule has 0 atom stereocenters. The lowest BCUT2D eigenvalue weighted by molar-refractivity contribution is 0.877. The second-order valence-electron chi connectivity index (χ2n) is 5.43. The van der Waals surface area contributed by atoms with Crippen molar-refractivity contribution in [2.45, 2.75) is 6.92 Å². The number of rotatable bonds is 2. The lowest BCUT2D eigenvalue weighted by atomic mass is 10.2. The Hall–Kier alpha value is -2.92. The average molecular weight is 337 g/mol. The van der Waals surface area contributed by atoms with Crippen LogP contribution in [0.2, 0.25) is 5.02 Å². The van der Waals surface area contributed by atoms with Crippen molar-refractivity contribution < 1.29 is 0 Å². The van der Waals surface area contributed by atoms with Gasteiger partial charge in [0.05, 0.1) is 16.4 Å². The zero-order valence-corrected chi connectivity index (χ0v) is 13.6. The summed E-state index contributed by atoms with van der Waals surface area (Å²) in [7, 11) is 0. The van der Waals surface area contributed by atoms with Gasteiger partial charge in [-0.2, -0.15) is 5.10 Å². The highest BCUT2D eigenvalue weighted by Gasteiger charge is 2.16. The van der Waals surface area contributed by atoms with Crippen LogP contribution in [0, 0.1) is 6.92 Å². The van der Waals surface area contributed by atoms with Crippen LogP contribution in [-0.2, 0) is 0 Å². The zero-order valence-electron chi connectivity index (χ0n) is 12.8. The van der Waals surface area contributed by atoms with E-state index in [1.165, 1.54) is 0 Å². The van der Waals surface area contributed by atoms with Crippen LogP contribution in [0.15, 0.2) is 59.4 Å². The van der Waals surface area contributed by atoms with Crippen molar-refractivity contribution in [1.82, 2.24) is 19.7 Å². The fourth-order valence-corrected chi connectivity index (χ4v) is 2.94. The van der Waals surface area contributed by atoms with Crippen molar-refractivity contribution in [3.05, 3.63) is 75.7 Å². The Balaban J connectivity index is 2.04. The van der Waals surface area contributed by atoms with Crippen LogP contribution in [0.4, 0.5) is 0 Å². The van der Waals surface area contributed by atoms with Gasteiger partial charge in [0.2, 0.25) is 0 Å². The Morgan fingerprint density at radius 1 is 1.04 bits per heavy atom. The molecule has 24 heavy (non-hydrogen) atoms. The molecule has 0 aliphatic heterocycles. The summed E-state index contributed by atoms with van der Waals surface area (Å²) in [6.45, 7) is 1.80. The molecule has 0 saturated heterocycles. The molecule has 0 bridgehead atoms. The summed E-state index contributed by atoms with van der Waals surface area (Å²) in [5.74, 6) is 0.426. The van der Waals surface area contributed by atoms with Crippen molar-refractivity contribution in [2.75, 3.05) is 0 Å². The molecule has 118 valence electrons. The number of halogens is 1. The minimum absolute atomic E-state index is 0.227. The highest BCUT2D eigenvalue weighted by atomic mass is 35.5. The second kappa shape index (κ2) is 5.62. The second-order valence-corrected chi connectivity index (χ2v) is 5.83. The van der Waals surface area contributed by atoms with Gasteiger partial charge in [-0.05, 0) is 31.2 Å². The number of fused-ring (bicyclic) bond motifs is 1. The molecule has 0 fully saturated rings. The molecule has 4 aromatic rings. The van der Waals surface area contributed by atoms with Crippen molar-refractivity contribution >= 4 is 22.6 Å². The van der Waals surface area contributed by atoms with Crippen LogP contribution in [-0.4, -0.2) is 19.7 Å². The molecule has 2 aromatic heterocycles. The highest BCUT2D eigenvalue weighted by molar-refractivity contribution is 6.33. The number of aryl methyl sites for hydroxylation is 1. The third-order valence-corrected chi connectivity index (χ3v) is 4.17. The monoisotopic (exact) mass is 336 g/mol. The molecule has 2 aromatic carbocycles. The van der Waals surface area contributed by atoms with Gasteiger partial charge in [0.1, 0.15) is 11.2 Å². The molecule has 0 amide bonds. The maximum absolute atomic E-state index is 12.6. The lowest BCUT2D eigenvalue weighted by Crippen LogP contribution is -2.10. The van der Waals surface area contributed by atoms with E-state index >= 15 is 0 Å². The fraction of sp³-hybridized carbons (Fsp3) is 0.0556. The first-order chi connectivity index (χ1) is 11.6. The predicted molar refractivity (Wildman–Crippen MR) is 94.7 cm³/mol. The van der Waals surface area contributed by atoms with Gasteiger partial charge in [0, 0.05) is 5.56 Å². The number of nitrogens with one attached hydrogen (secondary N) is 1. The summed E-state index contributed by atoms with van der Waals surface area (Å²) in [6.07, 6.45) is 0. The third kappa shape index (κ3) is 2.30. The first kappa shape index (κ1) is 14.7. The van der Waals surface area contributed by atoms with Crippen molar-refractivity contribution in [1.29, 1.82) is 0 Å². The van der Waals surface area contributed by atoms with Gasteiger partial charge in [-0.25, -0.2) is 9.67 Å². The molecule has 6 heteroatoms. The largest absolute Gasteiger partial charge is 0.306 e. The molecule has 0 saturated carbocycles. The van der Waals surface area contributed by atoms with Crippen molar-refractivity contribution in [3.8, 4) is 17.1 Å². The van der Waals surface area contributed by atoms with E-state index in [-0.39, 0.29) is 5.56 Å². The quantitative estimate of drug-likeness (QED) is 0.606. The topological polar surface area (TPSA) is 63.6 Å². The highest BCUT2D eigenvalue weighted by Crippen LogP contribution is 2.26. The van der Waals surface area contributed by atoms with E-state index in [2.05, 4.69) is 15.1 Å². The van der Waals surface area contributed by atoms with E-state index in [9.17, 15) is 4.79 Å². The van der Waals surface area contributed by atoms with Gasteiger partial charge < -0.3 is 4.98 Å². The van der Waals surface area contributed by atoms with E-state index in [1.807, 2.05) is 48.5 Å². The standard InChI is InChI=1S/C18H13ClN4O/c1-11-15-17(23(22-11)12-7-3-2-4-8-12)20-16(21-18(15)24)13-9-5-6-10-14(13)19/h2-10H,1H3,(H,20,21,24). The Kier molecular flexibility index (Phi) is 3.43. The summed E-state index contributed by atoms with van der Waals surface area (Å²) in [6, 6.07) is 16.9. The van der Waals surface area contributed by atoms with Crippen LogP contribution in [0.25, 0.3) is 28.1 Å². The molecular formula is C18H13ClN4O. The average Bonchev–Trinajstić information content (AvgIpc) is 2.93. The van der Waals surface area contributed by atoms with Gasteiger partial charge in [0.15, 0.2) is 5.65 Å².